The summed E-state index contributed by atoms with van der Waals surface area (Å²) in [5.74, 6) is -0.657. The van der Waals surface area contributed by atoms with E-state index in [1.807, 2.05) is 24.3 Å². The summed E-state index contributed by atoms with van der Waals surface area (Å²) in [6, 6.07) is 17.1. The smallest absolute Gasteiger partial charge is 0.408 e. The Morgan fingerprint density at radius 2 is 1.65 bits per heavy atom. The molecule has 1 atom stereocenters. The summed E-state index contributed by atoms with van der Waals surface area (Å²) in [7, 11) is 1.36. The van der Waals surface area contributed by atoms with Crippen LogP contribution in [0.1, 0.15) is 23.2 Å². The monoisotopic (exact) mass is 428 g/mol. The molecule has 0 spiro atoms. The van der Waals surface area contributed by atoms with E-state index in [2.05, 4.69) is 15.7 Å². The molecule has 162 valence electrons. The van der Waals surface area contributed by atoms with Gasteiger partial charge in [0, 0.05) is 13.5 Å². The number of nitrogens with one attached hydrogen (secondary N) is 2. The van der Waals surface area contributed by atoms with Gasteiger partial charge in [-0.25, -0.2) is 13.6 Å². The van der Waals surface area contributed by atoms with Gasteiger partial charge in [-0.3, -0.25) is 9.48 Å². The number of aryl methyl sites for hydroxylation is 1. The van der Waals surface area contributed by atoms with Crippen molar-refractivity contribution in [1.82, 2.24) is 15.1 Å². The molecule has 2 aromatic carbocycles. The highest BCUT2D eigenvalue weighted by molar-refractivity contribution is 5.97. The van der Waals surface area contributed by atoms with Crippen molar-refractivity contribution in [3.63, 3.8) is 0 Å². The van der Waals surface area contributed by atoms with E-state index in [0.717, 1.165) is 22.0 Å². The molecule has 31 heavy (non-hydrogen) atoms. The van der Waals surface area contributed by atoms with Gasteiger partial charge in [-0.1, -0.05) is 60.7 Å². The van der Waals surface area contributed by atoms with E-state index in [4.69, 9.17) is 4.74 Å². The number of halogens is 2. The van der Waals surface area contributed by atoms with Crippen LogP contribution in [-0.4, -0.2) is 27.8 Å². The molecule has 0 aliphatic carbocycles. The first-order chi connectivity index (χ1) is 14.9. The Kier molecular flexibility index (Phi) is 7.31. The second kappa shape index (κ2) is 10.3. The fourth-order valence-corrected chi connectivity index (χ4v) is 2.99. The van der Waals surface area contributed by atoms with Gasteiger partial charge in [0.25, 0.3) is 6.43 Å². The summed E-state index contributed by atoms with van der Waals surface area (Å²) in [5, 5.41) is 8.73. The zero-order valence-electron chi connectivity index (χ0n) is 16.8. The van der Waals surface area contributed by atoms with Gasteiger partial charge in [-0.15, -0.1) is 0 Å². The SMILES string of the molecule is Cn1ncc(NC(=O)[C@@H](Cc2ccccc2)NC(=O)OCc2ccccc2)c1C(F)F. The van der Waals surface area contributed by atoms with Crippen molar-refractivity contribution in [3.8, 4) is 0 Å². The predicted octanol–water partition coefficient (Wildman–Crippen LogP) is 3.83. The third-order valence-corrected chi connectivity index (χ3v) is 4.55. The maximum atomic E-state index is 13.3. The highest BCUT2D eigenvalue weighted by Crippen LogP contribution is 2.26. The number of alkyl carbamates (subject to hydrolysis) is 1. The van der Waals surface area contributed by atoms with E-state index < -0.39 is 30.2 Å². The van der Waals surface area contributed by atoms with Crippen LogP contribution in [0, 0.1) is 0 Å². The topological polar surface area (TPSA) is 85.3 Å². The molecule has 0 unspecified atom stereocenters. The molecule has 0 aliphatic heterocycles. The minimum absolute atomic E-state index is 0.0322. The maximum absolute atomic E-state index is 13.3. The minimum Gasteiger partial charge on any atom is -0.445 e. The van der Waals surface area contributed by atoms with Crippen molar-refractivity contribution in [2.75, 3.05) is 5.32 Å². The van der Waals surface area contributed by atoms with E-state index in [0.29, 0.717) is 0 Å². The van der Waals surface area contributed by atoms with Crippen molar-refractivity contribution in [2.24, 2.45) is 7.05 Å². The molecule has 1 heterocycles. The highest BCUT2D eigenvalue weighted by Gasteiger charge is 2.26. The molecule has 0 saturated heterocycles. The molecule has 0 saturated carbocycles. The van der Waals surface area contributed by atoms with Crippen LogP contribution < -0.4 is 10.6 Å². The summed E-state index contributed by atoms with van der Waals surface area (Å²) in [6.45, 7) is 0.0322. The molecule has 1 aromatic heterocycles. The zero-order chi connectivity index (χ0) is 22.2. The molecular formula is C22H22F2N4O3. The molecule has 2 N–H and O–H groups in total. The van der Waals surface area contributed by atoms with Crippen molar-refractivity contribution in [2.45, 2.75) is 25.5 Å². The number of rotatable bonds is 8. The van der Waals surface area contributed by atoms with E-state index in [-0.39, 0.29) is 18.7 Å². The maximum Gasteiger partial charge on any atom is 0.408 e. The van der Waals surface area contributed by atoms with Crippen LogP contribution in [0.4, 0.5) is 19.3 Å². The second-order valence-electron chi connectivity index (χ2n) is 6.81. The number of benzene rings is 2. The third kappa shape index (κ3) is 6.11. The van der Waals surface area contributed by atoms with Crippen molar-refractivity contribution < 1.29 is 23.1 Å². The van der Waals surface area contributed by atoms with Gasteiger partial charge in [0.05, 0.1) is 11.9 Å². The molecule has 0 aliphatic rings. The Labute approximate surface area is 178 Å². The average Bonchev–Trinajstić information content (AvgIpc) is 3.13. The number of hydrogen-bond donors (Lipinski definition) is 2. The predicted molar refractivity (Wildman–Crippen MR) is 110 cm³/mol. The quantitative estimate of drug-likeness (QED) is 0.571. The summed E-state index contributed by atoms with van der Waals surface area (Å²) in [6.07, 6.45) is -2.32. The Bertz CT molecular complexity index is 1010. The van der Waals surface area contributed by atoms with Crippen LogP contribution in [0.2, 0.25) is 0 Å². The lowest BCUT2D eigenvalue weighted by Crippen LogP contribution is -2.45. The van der Waals surface area contributed by atoms with Crippen LogP contribution in [0.5, 0.6) is 0 Å². The van der Waals surface area contributed by atoms with Gasteiger partial charge in [0.1, 0.15) is 18.3 Å². The van der Waals surface area contributed by atoms with Gasteiger partial charge in [0.2, 0.25) is 5.91 Å². The van der Waals surface area contributed by atoms with Gasteiger partial charge in [-0.2, -0.15) is 5.10 Å². The van der Waals surface area contributed by atoms with Crippen LogP contribution in [-0.2, 0) is 29.6 Å². The number of alkyl halides is 2. The number of ether oxygens (including phenoxy) is 1. The van der Waals surface area contributed by atoms with E-state index in [9.17, 15) is 18.4 Å². The van der Waals surface area contributed by atoms with Crippen molar-refractivity contribution >= 4 is 17.7 Å². The first-order valence-corrected chi connectivity index (χ1v) is 9.56. The Morgan fingerprint density at radius 3 is 2.26 bits per heavy atom. The summed E-state index contributed by atoms with van der Waals surface area (Å²) in [5.41, 5.74) is 1.04. The lowest BCUT2D eigenvalue weighted by atomic mass is 10.1. The van der Waals surface area contributed by atoms with Crippen molar-refractivity contribution in [3.05, 3.63) is 83.7 Å². The fraction of sp³-hybridized carbons (Fsp3) is 0.227. The number of hydrogen-bond acceptors (Lipinski definition) is 4. The average molecular weight is 428 g/mol. The van der Waals surface area contributed by atoms with E-state index >= 15 is 0 Å². The lowest BCUT2D eigenvalue weighted by Gasteiger charge is -2.19. The van der Waals surface area contributed by atoms with Crippen LogP contribution in [0.15, 0.2) is 66.9 Å². The number of aromatic nitrogens is 2. The molecule has 0 fully saturated rings. The number of amides is 2. The number of nitrogens with zero attached hydrogens (tertiary/aromatic N) is 2. The first kappa shape index (κ1) is 21.9. The summed E-state index contributed by atoms with van der Waals surface area (Å²) < 4.78 is 32.8. The molecule has 0 bridgehead atoms. The Hall–Kier alpha value is -3.75. The van der Waals surface area contributed by atoms with Gasteiger partial charge < -0.3 is 15.4 Å². The standard InChI is InChI=1S/C22H22F2N4O3/c1-28-19(20(23)24)18(13-25-28)26-21(29)17(12-15-8-4-2-5-9-15)27-22(30)31-14-16-10-6-3-7-11-16/h2-11,13,17,20H,12,14H2,1H3,(H,26,29)(H,27,30)/t17-/m1/s1. The van der Waals surface area contributed by atoms with Crippen LogP contribution in [0.3, 0.4) is 0 Å². The normalized spacial score (nSPS) is 11.7. The van der Waals surface area contributed by atoms with Crippen molar-refractivity contribution in [1.29, 1.82) is 0 Å². The number of anilines is 1. The third-order valence-electron chi connectivity index (χ3n) is 4.55. The largest absolute Gasteiger partial charge is 0.445 e. The van der Waals surface area contributed by atoms with E-state index in [1.165, 1.54) is 7.05 Å². The first-order valence-electron chi connectivity index (χ1n) is 9.56. The molecule has 0 radical (unpaired) electrons. The molecule has 7 nitrogen and oxygen atoms in total. The van der Waals surface area contributed by atoms with Crippen LogP contribution >= 0.6 is 0 Å². The lowest BCUT2D eigenvalue weighted by molar-refractivity contribution is -0.118. The molecule has 3 aromatic rings. The molecule has 9 heteroatoms. The Balaban J connectivity index is 1.71. The zero-order valence-corrected chi connectivity index (χ0v) is 16.8. The number of carbonyl (C=O) groups is 2. The molecule has 2 amide bonds. The minimum atomic E-state index is -2.82. The highest BCUT2D eigenvalue weighted by atomic mass is 19.3. The summed E-state index contributed by atoms with van der Waals surface area (Å²) >= 11 is 0. The Morgan fingerprint density at radius 1 is 1.03 bits per heavy atom. The van der Waals surface area contributed by atoms with Gasteiger partial charge >= 0.3 is 6.09 Å². The van der Waals surface area contributed by atoms with Crippen LogP contribution in [0.25, 0.3) is 0 Å². The van der Waals surface area contributed by atoms with Gasteiger partial charge in [-0.05, 0) is 11.1 Å². The fourth-order valence-electron chi connectivity index (χ4n) is 2.99. The molecule has 3 rings (SSSR count). The van der Waals surface area contributed by atoms with Gasteiger partial charge in [0.15, 0.2) is 0 Å². The van der Waals surface area contributed by atoms with E-state index in [1.54, 1.807) is 36.4 Å². The molecular weight excluding hydrogens is 406 g/mol. The number of carbonyl (C=O) groups excluding carboxylic acids is 2. The summed E-state index contributed by atoms with van der Waals surface area (Å²) in [4.78, 5) is 25.2. The second-order valence-corrected chi connectivity index (χ2v) is 6.81.